The van der Waals surface area contributed by atoms with Crippen molar-refractivity contribution >= 4 is 11.3 Å². The molecule has 17 heavy (non-hydrogen) atoms. The van der Waals surface area contributed by atoms with E-state index in [2.05, 4.69) is 34.3 Å². The zero-order chi connectivity index (χ0) is 12.1. The standard InChI is InChI=1S/C12H16N4S/c1-3-7-13-9(2)11-15-16-12(17-11)10-6-4-5-8-14-10/h4-6,8-9,13H,3,7H2,1-2H3. The van der Waals surface area contributed by atoms with Crippen molar-refractivity contribution in [3.05, 3.63) is 29.4 Å². The van der Waals surface area contributed by atoms with E-state index in [4.69, 9.17) is 0 Å². The Morgan fingerprint density at radius 2 is 2.24 bits per heavy atom. The van der Waals surface area contributed by atoms with Crippen LogP contribution in [-0.4, -0.2) is 21.7 Å². The maximum atomic E-state index is 4.27. The number of rotatable bonds is 5. The first-order valence-corrected chi connectivity index (χ1v) is 6.61. The summed E-state index contributed by atoms with van der Waals surface area (Å²) >= 11 is 1.60. The van der Waals surface area contributed by atoms with Gasteiger partial charge in [0.25, 0.3) is 0 Å². The van der Waals surface area contributed by atoms with Gasteiger partial charge in [0.2, 0.25) is 0 Å². The number of pyridine rings is 1. The Kier molecular flexibility index (Phi) is 4.17. The van der Waals surface area contributed by atoms with Gasteiger partial charge in [-0.3, -0.25) is 4.98 Å². The fourth-order valence-electron chi connectivity index (χ4n) is 1.45. The zero-order valence-electron chi connectivity index (χ0n) is 10.1. The fraction of sp³-hybridized carbons (Fsp3) is 0.417. The Morgan fingerprint density at radius 1 is 1.35 bits per heavy atom. The fourth-order valence-corrected chi connectivity index (χ4v) is 2.30. The second-order valence-electron chi connectivity index (χ2n) is 3.84. The summed E-state index contributed by atoms with van der Waals surface area (Å²) in [6.07, 6.45) is 2.89. The van der Waals surface area contributed by atoms with Gasteiger partial charge in [0.05, 0.1) is 6.04 Å². The molecule has 0 aliphatic heterocycles. The maximum Gasteiger partial charge on any atom is 0.166 e. The van der Waals surface area contributed by atoms with Crippen LogP contribution in [0.15, 0.2) is 24.4 Å². The van der Waals surface area contributed by atoms with Crippen molar-refractivity contribution in [3.8, 4) is 10.7 Å². The second-order valence-corrected chi connectivity index (χ2v) is 4.85. The molecule has 1 N–H and O–H groups in total. The Labute approximate surface area is 105 Å². The van der Waals surface area contributed by atoms with Crippen LogP contribution in [0.1, 0.15) is 31.3 Å². The highest BCUT2D eigenvalue weighted by atomic mass is 32.1. The zero-order valence-corrected chi connectivity index (χ0v) is 10.9. The Morgan fingerprint density at radius 3 is 2.94 bits per heavy atom. The molecule has 0 amide bonds. The molecule has 0 saturated heterocycles. The van der Waals surface area contributed by atoms with E-state index < -0.39 is 0 Å². The van der Waals surface area contributed by atoms with E-state index in [1.165, 1.54) is 0 Å². The number of aromatic nitrogens is 3. The Balaban J connectivity index is 2.11. The molecule has 2 rings (SSSR count). The minimum atomic E-state index is 0.255. The summed E-state index contributed by atoms with van der Waals surface area (Å²) in [7, 11) is 0. The minimum absolute atomic E-state index is 0.255. The van der Waals surface area contributed by atoms with Crippen LogP contribution in [0.3, 0.4) is 0 Å². The molecule has 0 spiro atoms. The predicted molar refractivity (Wildman–Crippen MR) is 69.8 cm³/mol. The molecular formula is C12H16N4S. The van der Waals surface area contributed by atoms with E-state index in [0.29, 0.717) is 0 Å². The van der Waals surface area contributed by atoms with Crippen molar-refractivity contribution in [2.45, 2.75) is 26.3 Å². The van der Waals surface area contributed by atoms with Gasteiger partial charge >= 0.3 is 0 Å². The quantitative estimate of drug-likeness (QED) is 0.883. The lowest BCUT2D eigenvalue weighted by molar-refractivity contribution is 0.564. The second kappa shape index (κ2) is 5.84. The van der Waals surface area contributed by atoms with E-state index >= 15 is 0 Å². The highest BCUT2D eigenvalue weighted by Gasteiger charge is 2.12. The Bertz CT molecular complexity index is 455. The smallest absolute Gasteiger partial charge is 0.166 e. The van der Waals surface area contributed by atoms with Gasteiger partial charge in [0, 0.05) is 6.20 Å². The lowest BCUT2D eigenvalue weighted by Crippen LogP contribution is -2.18. The van der Waals surface area contributed by atoms with E-state index in [9.17, 15) is 0 Å². The molecule has 0 aromatic carbocycles. The van der Waals surface area contributed by atoms with Crippen molar-refractivity contribution < 1.29 is 0 Å². The van der Waals surface area contributed by atoms with Crippen molar-refractivity contribution in [2.75, 3.05) is 6.54 Å². The molecule has 1 unspecified atom stereocenters. The van der Waals surface area contributed by atoms with E-state index in [1.54, 1.807) is 17.5 Å². The molecule has 0 saturated carbocycles. The largest absolute Gasteiger partial charge is 0.308 e. The van der Waals surface area contributed by atoms with Gasteiger partial charge in [0.15, 0.2) is 5.01 Å². The van der Waals surface area contributed by atoms with Gasteiger partial charge in [-0.25, -0.2) is 0 Å². The molecule has 4 nitrogen and oxygen atoms in total. The van der Waals surface area contributed by atoms with Gasteiger partial charge in [-0.1, -0.05) is 24.3 Å². The van der Waals surface area contributed by atoms with Gasteiger partial charge in [-0.05, 0) is 32.0 Å². The maximum absolute atomic E-state index is 4.27. The van der Waals surface area contributed by atoms with Crippen LogP contribution in [0, 0.1) is 0 Å². The van der Waals surface area contributed by atoms with Gasteiger partial charge < -0.3 is 5.32 Å². The summed E-state index contributed by atoms with van der Waals surface area (Å²) in [5.74, 6) is 0. The Hall–Kier alpha value is -1.33. The lowest BCUT2D eigenvalue weighted by Gasteiger charge is -2.08. The number of nitrogens with zero attached hydrogens (tertiary/aromatic N) is 3. The minimum Gasteiger partial charge on any atom is -0.308 e. The van der Waals surface area contributed by atoms with Crippen molar-refractivity contribution in [1.29, 1.82) is 0 Å². The molecule has 5 heteroatoms. The molecule has 0 radical (unpaired) electrons. The van der Waals surface area contributed by atoms with E-state index in [0.717, 1.165) is 28.7 Å². The summed E-state index contributed by atoms with van der Waals surface area (Å²) in [5, 5.41) is 13.7. The van der Waals surface area contributed by atoms with Gasteiger partial charge in [-0.15, -0.1) is 10.2 Å². The van der Waals surface area contributed by atoms with Crippen LogP contribution in [-0.2, 0) is 0 Å². The topological polar surface area (TPSA) is 50.7 Å². The van der Waals surface area contributed by atoms with Crippen LogP contribution in [0.25, 0.3) is 10.7 Å². The third-order valence-electron chi connectivity index (χ3n) is 2.40. The molecule has 90 valence electrons. The van der Waals surface area contributed by atoms with E-state index in [-0.39, 0.29) is 6.04 Å². The van der Waals surface area contributed by atoms with Crippen LogP contribution in [0.2, 0.25) is 0 Å². The van der Waals surface area contributed by atoms with E-state index in [1.807, 2.05) is 18.2 Å². The van der Waals surface area contributed by atoms with Crippen molar-refractivity contribution in [1.82, 2.24) is 20.5 Å². The number of hydrogen-bond acceptors (Lipinski definition) is 5. The summed E-state index contributed by atoms with van der Waals surface area (Å²) in [6, 6.07) is 6.07. The molecule has 0 bridgehead atoms. The molecule has 2 heterocycles. The first kappa shape index (κ1) is 12.1. The normalized spacial score (nSPS) is 12.6. The highest BCUT2D eigenvalue weighted by Crippen LogP contribution is 2.24. The lowest BCUT2D eigenvalue weighted by atomic mass is 10.3. The SMILES string of the molecule is CCCNC(C)c1nnc(-c2ccccn2)s1. The average Bonchev–Trinajstić information content (AvgIpc) is 2.86. The molecule has 0 aliphatic carbocycles. The van der Waals surface area contributed by atoms with Crippen LogP contribution in [0.5, 0.6) is 0 Å². The van der Waals surface area contributed by atoms with Crippen molar-refractivity contribution in [2.24, 2.45) is 0 Å². The highest BCUT2D eigenvalue weighted by molar-refractivity contribution is 7.14. The molecular weight excluding hydrogens is 232 g/mol. The third-order valence-corrected chi connectivity index (χ3v) is 3.52. The van der Waals surface area contributed by atoms with Gasteiger partial charge in [0.1, 0.15) is 10.7 Å². The average molecular weight is 248 g/mol. The first-order valence-electron chi connectivity index (χ1n) is 5.79. The van der Waals surface area contributed by atoms with Crippen LogP contribution < -0.4 is 5.32 Å². The van der Waals surface area contributed by atoms with Crippen LogP contribution in [0.4, 0.5) is 0 Å². The molecule has 1 atom stereocenters. The monoisotopic (exact) mass is 248 g/mol. The first-order chi connectivity index (χ1) is 8.31. The number of hydrogen-bond donors (Lipinski definition) is 1. The summed E-state index contributed by atoms with van der Waals surface area (Å²) in [6.45, 7) is 5.26. The summed E-state index contributed by atoms with van der Waals surface area (Å²) in [5.41, 5.74) is 0.888. The molecule has 0 fully saturated rings. The number of nitrogens with one attached hydrogen (secondary N) is 1. The van der Waals surface area contributed by atoms with Gasteiger partial charge in [-0.2, -0.15) is 0 Å². The summed E-state index contributed by atoms with van der Waals surface area (Å²) < 4.78 is 0. The predicted octanol–water partition coefficient (Wildman–Crippen LogP) is 2.66. The molecule has 2 aromatic rings. The van der Waals surface area contributed by atoms with Crippen LogP contribution >= 0.6 is 11.3 Å². The van der Waals surface area contributed by atoms with Crippen molar-refractivity contribution in [3.63, 3.8) is 0 Å². The third kappa shape index (κ3) is 3.08. The molecule has 0 aliphatic rings. The summed E-state index contributed by atoms with van der Waals surface area (Å²) in [4.78, 5) is 4.27. The molecule has 2 aromatic heterocycles.